The largest absolute Gasteiger partial charge is 0.392 e. The Morgan fingerprint density at radius 3 is 2.59 bits per heavy atom. The molecule has 0 radical (unpaired) electrons. The average molecular weight is 234 g/mol. The Balaban J connectivity index is 2.03. The SMILES string of the molecule is CN(C)[C@H](CN1CC[C@H](O)C1)c1ccccc1. The zero-order valence-electron chi connectivity index (χ0n) is 10.7. The van der Waals surface area contributed by atoms with Crippen LogP contribution in [0.5, 0.6) is 0 Å². The maximum absolute atomic E-state index is 9.57. The van der Waals surface area contributed by atoms with Gasteiger partial charge in [-0.2, -0.15) is 0 Å². The van der Waals surface area contributed by atoms with Crippen molar-refractivity contribution in [3.05, 3.63) is 35.9 Å². The van der Waals surface area contributed by atoms with Crippen molar-refractivity contribution in [1.82, 2.24) is 9.80 Å². The van der Waals surface area contributed by atoms with Crippen LogP contribution >= 0.6 is 0 Å². The molecule has 17 heavy (non-hydrogen) atoms. The number of hydrogen-bond acceptors (Lipinski definition) is 3. The second kappa shape index (κ2) is 5.63. The lowest BCUT2D eigenvalue weighted by Crippen LogP contribution is -2.34. The third kappa shape index (κ3) is 3.28. The van der Waals surface area contributed by atoms with Crippen LogP contribution in [0.3, 0.4) is 0 Å². The minimum absolute atomic E-state index is 0.131. The highest BCUT2D eigenvalue weighted by Crippen LogP contribution is 2.21. The van der Waals surface area contributed by atoms with Gasteiger partial charge in [0.15, 0.2) is 0 Å². The molecule has 94 valence electrons. The smallest absolute Gasteiger partial charge is 0.0679 e. The summed E-state index contributed by atoms with van der Waals surface area (Å²) in [5.74, 6) is 0. The molecule has 1 heterocycles. The van der Waals surface area contributed by atoms with Gasteiger partial charge in [0.25, 0.3) is 0 Å². The quantitative estimate of drug-likeness (QED) is 0.852. The molecule has 1 N–H and O–H groups in total. The van der Waals surface area contributed by atoms with E-state index < -0.39 is 0 Å². The molecule has 1 aliphatic heterocycles. The van der Waals surface area contributed by atoms with Gasteiger partial charge in [-0.15, -0.1) is 0 Å². The highest BCUT2D eigenvalue weighted by Gasteiger charge is 2.24. The second-order valence-corrected chi connectivity index (χ2v) is 5.09. The summed E-state index contributed by atoms with van der Waals surface area (Å²) in [6.07, 6.45) is 0.781. The third-order valence-electron chi connectivity index (χ3n) is 3.49. The summed E-state index contributed by atoms with van der Waals surface area (Å²) in [6, 6.07) is 11.0. The van der Waals surface area contributed by atoms with Crippen LogP contribution in [0.2, 0.25) is 0 Å². The van der Waals surface area contributed by atoms with E-state index in [1.54, 1.807) is 0 Å². The number of likely N-dealkylation sites (N-methyl/N-ethyl adjacent to an activating group) is 1. The van der Waals surface area contributed by atoms with Gasteiger partial charge in [0.1, 0.15) is 0 Å². The highest BCUT2D eigenvalue weighted by molar-refractivity contribution is 5.19. The Bertz CT molecular complexity index is 339. The van der Waals surface area contributed by atoms with Crippen molar-refractivity contribution < 1.29 is 5.11 Å². The molecule has 2 rings (SSSR count). The van der Waals surface area contributed by atoms with Crippen LogP contribution in [0.15, 0.2) is 30.3 Å². The maximum atomic E-state index is 9.57. The Kier molecular flexibility index (Phi) is 4.15. The average Bonchev–Trinajstić information content (AvgIpc) is 2.73. The molecule has 0 aliphatic carbocycles. The normalized spacial score (nSPS) is 23.2. The van der Waals surface area contributed by atoms with E-state index in [1.807, 2.05) is 0 Å². The lowest BCUT2D eigenvalue weighted by Gasteiger charge is -2.29. The molecule has 1 aromatic rings. The first-order chi connectivity index (χ1) is 8.16. The molecule has 0 aromatic heterocycles. The predicted octanol–water partition coefficient (Wildman–Crippen LogP) is 1.36. The Morgan fingerprint density at radius 2 is 2.06 bits per heavy atom. The molecule has 1 fully saturated rings. The van der Waals surface area contributed by atoms with Crippen molar-refractivity contribution in [3.63, 3.8) is 0 Å². The van der Waals surface area contributed by atoms with Gasteiger partial charge in [-0.1, -0.05) is 30.3 Å². The van der Waals surface area contributed by atoms with Gasteiger partial charge >= 0.3 is 0 Å². The molecule has 3 heteroatoms. The fraction of sp³-hybridized carbons (Fsp3) is 0.571. The van der Waals surface area contributed by atoms with Gasteiger partial charge in [-0.05, 0) is 26.1 Å². The van der Waals surface area contributed by atoms with Crippen molar-refractivity contribution in [1.29, 1.82) is 0 Å². The molecule has 0 amide bonds. The van der Waals surface area contributed by atoms with Gasteiger partial charge in [0.05, 0.1) is 6.10 Å². The van der Waals surface area contributed by atoms with Crippen LogP contribution in [0.25, 0.3) is 0 Å². The van der Waals surface area contributed by atoms with Crippen LogP contribution in [-0.2, 0) is 0 Å². The maximum Gasteiger partial charge on any atom is 0.0679 e. The summed E-state index contributed by atoms with van der Waals surface area (Å²) >= 11 is 0. The molecule has 0 unspecified atom stereocenters. The minimum Gasteiger partial charge on any atom is -0.392 e. The van der Waals surface area contributed by atoms with Gasteiger partial charge in [0, 0.05) is 25.7 Å². The fourth-order valence-electron chi connectivity index (χ4n) is 2.46. The van der Waals surface area contributed by atoms with Crippen LogP contribution < -0.4 is 0 Å². The number of nitrogens with zero attached hydrogens (tertiary/aromatic N) is 2. The predicted molar refractivity (Wildman–Crippen MR) is 69.9 cm³/mol. The summed E-state index contributed by atoms with van der Waals surface area (Å²) in [5, 5.41) is 9.57. The van der Waals surface area contributed by atoms with Gasteiger partial charge in [-0.25, -0.2) is 0 Å². The molecule has 3 nitrogen and oxygen atoms in total. The fourth-order valence-corrected chi connectivity index (χ4v) is 2.46. The molecule has 1 aromatic carbocycles. The summed E-state index contributed by atoms with van der Waals surface area (Å²) in [7, 11) is 4.23. The summed E-state index contributed by atoms with van der Waals surface area (Å²) in [5.41, 5.74) is 1.35. The first kappa shape index (κ1) is 12.6. The molecular formula is C14H22N2O. The zero-order chi connectivity index (χ0) is 12.3. The number of rotatable bonds is 4. The third-order valence-corrected chi connectivity index (χ3v) is 3.49. The summed E-state index contributed by atoms with van der Waals surface area (Å²) < 4.78 is 0. The van der Waals surface area contributed by atoms with E-state index in [0.717, 1.165) is 26.1 Å². The van der Waals surface area contributed by atoms with Crippen molar-refractivity contribution in [2.75, 3.05) is 33.7 Å². The molecule has 0 spiro atoms. The summed E-state index contributed by atoms with van der Waals surface area (Å²) in [4.78, 5) is 4.60. The van der Waals surface area contributed by atoms with Crippen LogP contribution in [0, 0.1) is 0 Å². The van der Waals surface area contributed by atoms with Crippen molar-refractivity contribution >= 4 is 0 Å². The molecule has 2 atom stereocenters. The van der Waals surface area contributed by atoms with E-state index >= 15 is 0 Å². The van der Waals surface area contributed by atoms with Crippen LogP contribution in [-0.4, -0.2) is 54.7 Å². The molecular weight excluding hydrogens is 212 g/mol. The first-order valence-electron chi connectivity index (χ1n) is 6.28. The molecule has 1 aliphatic rings. The van der Waals surface area contributed by atoms with Crippen molar-refractivity contribution in [3.8, 4) is 0 Å². The lowest BCUT2D eigenvalue weighted by atomic mass is 10.1. The Hall–Kier alpha value is -0.900. The topological polar surface area (TPSA) is 26.7 Å². The number of β-amino-alcohol motifs (C(OH)–C–C–N with tert-alkyl or cyclic N) is 1. The van der Waals surface area contributed by atoms with Gasteiger partial charge < -0.3 is 10.0 Å². The number of benzene rings is 1. The number of likely N-dealkylation sites (tertiary alicyclic amines) is 1. The molecule has 1 saturated heterocycles. The van der Waals surface area contributed by atoms with E-state index in [1.165, 1.54) is 5.56 Å². The van der Waals surface area contributed by atoms with E-state index in [-0.39, 0.29) is 6.10 Å². The number of aliphatic hydroxyl groups is 1. The van der Waals surface area contributed by atoms with E-state index in [4.69, 9.17) is 0 Å². The summed E-state index contributed by atoms with van der Waals surface area (Å²) in [6.45, 7) is 2.82. The molecule has 0 bridgehead atoms. The lowest BCUT2D eigenvalue weighted by molar-refractivity contribution is 0.158. The van der Waals surface area contributed by atoms with E-state index in [2.05, 4.69) is 54.2 Å². The first-order valence-corrected chi connectivity index (χ1v) is 6.28. The Morgan fingerprint density at radius 1 is 1.35 bits per heavy atom. The highest BCUT2D eigenvalue weighted by atomic mass is 16.3. The minimum atomic E-state index is -0.131. The van der Waals surface area contributed by atoms with Crippen LogP contribution in [0.4, 0.5) is 0 Å². The number of aliphatic hydroxyl groups excluding tert-OH is 1. The van der Waals surface area contributed by atoms with E-state index in [0.29, 0.717) is 6.04 Å². The van der Waals surface area contributed by atoms with Crippen molar-refractivity contribution in [2.24, 2.45) is 0 Å². The standard InChI is InChI=1S/C14H22N2O/c1-15(2)14(12-6-4-3-5-7-12)11-16-9-8-13(17)10-16/h3-7,13-14,17H,8-11H2,1-2H3/t13-,14+/m0/s1. The Labute approximate surface area is 104 Å². The van der Waals surface area contributed by atoms with Crippen molar-refractivity contribution in [2.45, 2.75) is 18.6 Å². The number of hydrogen-bond donors (Lipinski definition) is 1. The molecule has 0 saturated carbocycles. The monoisotopic (exact) mass is 234 g/mol. The van der Waals surface area contributed by atoms with Gasteiger partial charge in [-0.3, -0.25) is 4.90 Å². The van der Waals surface area contributed by atoms with Gasteiger partial charge in [0.2, 0.25) is 0 Å². The van der Waals surface area contributed by atoms with E-state index in [9.17, 15) is 5.11 Å². The van der Waals surface area contributed by atoms with Crippen LogP contribution in [0.1, 0.15) is 18.0 Å². The second-order valence-electron chi connectivity index (χ2n) is 5.09. The zero-order valence-corrected chi connectivity index (χ0v) is 10.7.